The fourth-order valence-electron chi connectivity index (χ4n) is 2.61. The highest BCUT2D eigenvalue weighted by molar-refractivity contribution is 5.93. The van der Waals surface area contributed by atoms with Gasteiger partial charge in [0.05, 0.1) is 25.0 Å². The van der Waals surface area contributed by atoms with Crippen molar-refractivity contribution in [2.45, 2.75) is 57.8 Å². The Morgan fingerprint density at radius 2 is 1.83 bits per heavy atom. The van der Waals surface area contributed by atoms with Crippen molar-refractivity contribution in [1.82, 2.24) is 25.9 Å². The molecule has 0 aromatic carbocycles. The molecule has 0 radical (unpaired) electrons. The molecule has 1 rings (SSSR count). The maximum Gasteiger partial charge on any atom is 0.326 e. The zero-order chi connectivity index (χ0) is 22.8. The van der Waals surface area contributed by atoms with E-state index in [2.05, 4.69) is 25.9 Å². The standard InChI is InChI=1S/C18H30N6O6/c1-9(2)4-13(18(29)30)23-14(26)7-21-17(28)15(10(3)25)24-16(27)12(19)5-11-6-20-8-22-11/h6,8-10,12-13,15,25H,4-5,7,19H2,1-3H3,(H,20,22)(H,21,28)(H,23,26)(H,24,27)(H,29,30). The normalized spacial score (nSPS) is 15.0. The molecule has 1 aromatic heterocycles. The first kappa shape index (κ1) is 25.0. The van der Waals surface area contributed by atoms with Crippen LogP contribution in [0.15, 0.2) is 12.5 Å². The van der Waals surface area contributed by atoms with Crippen LogP contribution in [0, 0.1) is 5.92 Å². The molecule has 1 heterocycles. The van der Waals surface area contributed by atoms with Crippen LogP contribution in [0.4, 0.5) is 0 Å². The number of carboxylic acids is 1. The van der Waals surface area contributed by atoms with Gasteiger partial charge in [0.15, 0.2) is 0 Å². The van der Waals surface area contributed by atoms with Gasteiger partial charge in [-0.1, -0.05) is 13.8 Å². The highest BCUT2D eigenvalue weighted by atomic mass is 16.4. The van der Waals surface area contributed by atoms with Gasteiger partial charge >= 0.3 is 5.97 Å². The number of hydrogen-bond acceptors (Lipinski definition) is 7. The van der Waals surface area contributed by atoms with Crippen molar-refractivity contribution in [3.63, 3.8) is 0 Å². The van der Waals surface area contributed by atoms with E-state index in [9.17, 15) is 24.3 Å². The number of imidazole rings is 1. The van der Waals surface area contributed by atoms with Crippen LogP contribution < -0.4 is 21.7 Å². The Kier molecular flexibility index (Phi) is 9.92. The number of amides is 3. The summed E-state index contributed by atoms with van der Waals surface area (Å²) in [5, 5.41) is 25.9. The number of carbonyl (C=O) groups is 4. The molecule has 0 saturated heterocycles. The fourth-order valence-corrected chi connectivity index (χ4v) is 2.61. The monoisotopic (exact) mass is 426 g/mol. The first-order valence-electron chi connectivity index (χ1n) is 9.52. The van der Waals surface area contributed by atoms with Gasteiger partial charge in [0.2, 0.25) is 17.7 Å². The van der Waals surface area contributed by atoms with Crippen LogP contribution in [0.2, 0.25) is 0 Å². The Morgan fingerprint density at radius 1 is 1.17 bits per heavy atom. The van der Waals surface area contributed by atoms with Gasteiger partial charge in [-0.2, -0.15) is 0 Å². The summed E-state index contributed by atoms with van der Waals surface area (Å²) in [6, 6.07) is -3.42. The van der Waals surface area contributed by atoms with Crippen LogP contribution >= 0.6 is 0 Å². The lowest BCUT2D eigenvalue weighted by molar-refractivity contribution is -0.142. The number of carbonyl (C=O) groups excluding carboxylic acids is 3. The minimum Gasteiger partial charge on any atom is -0.480 e. The van der Waals surface area contributed by atoms with Gasteiger partial charge in [-0.05, 0) is 19.3 Å². The number of hydrogen-bond donors (Lipinski definition) is 7. The largest absolute Gasteiger partial charge is 0.480 e. The topological polar surface area (TPSA) is 200 Å². The Balaban J connectivity index is 2.59. The van der Waals surface area contributed by atoms with E-state index in [1.54, 1.807) is 0 Å². The SMILES string of the molecule is CC(C)CC(NC(=O)CNC(=O)C(NC(=O)C(N)Cc1cnc[nH]1)C(C)O)C(=O)O. The quantitative estimate of drug-likeness (QED) is 0.196. The van der Waals surface area contributed by atoms with Gasteiger partial charge in [-0.25, -0.2) is 9.78 Å². The van der Waals surface area contributed by atoms with Crippen molar-refractivity contribution in [3.05, 3.63) is 18.2 Å². The van der Waals surface area contributed by atoms with E-state index in [1.807, 2.05) is 13.8 Å². The highest BCUT2D eigenvalue weighted by Crippen LogP contribution is 2.05. The van der Waals surface area contributed by atoms with E-state index in [0.29, 0.717) is 5.69 Å². The number of aliphatic hydroxyl groups excluding tert-OH is 1. The first-order chi connectivity index (χ1) is 14.0. The number of H-pyrrole nitrogens is 1. The zero-order valence-corrected chi connectivity index (χ0v) is 17.2. The number of nitrogens with zero attached hydrogens (tertiary/aromatic N) is 1. The summed E-state index contributed by atoms with van der Waals surface area (Å²) in [4.78, 5) is 54.4. The third kappa shape index (κ3) is 8.57. The molecule has 30 heavy (non-hydrogen) atoms. The van der Waals surface area contributed by atoms with Crippen LogP contribution in [0.25, 0.3) is 0 Å². The van der Waals surface area contributed by atoms with Gasteiger partial charge in [0, 0.05) is 18.3 Å². The third-order valence-corrected chi connectivity index (χ3v) is 4.16. The number of carboxylic acid groups (broad SMARTS) is 1. The Bertz CT molecular complexity index is 721. The summed E-state index contributed by atoms with van der Waals surface area (Å²) < 4.78 is 0. The molecule has 12 heteroatoms. The van der Waals surface area contributed by atoms with E-state index in [4.69, 9.17) is 10.8 Å². The Morgan fingerprint density at radius 3 is 2.33 bits per heavy atom. The fraction of sp³-hybridized carbons (Fsp3) is 0.611. The molecule has 4 unspecified atom stereocenters. The van der Waals surface area contributed by atoms with Crippen LogP contribution in [-0.2, 0) is 25.6 Å². The van der Waals surface area contributed by atoms with E-state index in [1.165, 1.54) is 19.4 Å². The molecule has 4 atom stereocenters. The molecule has 3 amide bonds. The van der Waals surface area contributed by atoms with Crippen LogP contribution in [0.3, 0.4) is 0 Å². The first-order valence-corrected chi connectivity index (χ1v) is 9.52. The van der Waals surface area contributed by atoms with E-state index in [-0.39, 0.29) is 18.8 Å². The van der Waals surface area contributed by atoms with E-state index >= 15 is 0 Å². The second-order valence-electron chi connectivity index (χ2n) is 7.42. The van der Waals surface area contributed by atoms with Gasteiger partial charge < -0.3 is 36.9 Å². The predicted molar refractivity (Wildman–Crippen MR) is 106 cm³/mol. The number of aromatic nitrogens is 2. The lowest BCUT2D eigenvalue weighted by Gasteiger charge is -2.23. The van der Waals surface area contributed by atoms with Gasteiger partial charge in [0.1, 0.15) is 12.1 Å². The zero-order valence-electron chi connectivity index (χ0n) is 17.2. The second kappa shape index (κ2) is 11.9. The average Bonchev–Trinajstić information content (AvgIpc) is 3.15. The van der Waals surface area contributed by atoms with Crippen molar-refractivity contribution in [2.24, 2.45) is 11.7 Å². The van der Waals surface area contributed by atoms with Crippen molar-refractivity contribution in [2.75, 3.05) is 6.54 Å². The number of rotatable bonds is 12. The van der Waals surface area contributed by atoms with E-state index in [0.717, 1.165) is 0 Å². The molecule has 0 bridgehead atoms. The smallest absolute Gasteiger partial charge is 0.326 e. The van der Waals surface area contributed by atoms with Gasteiger partial charge in [0.25, 0.3) is 0 Å². The molecule has 168 valence electrons. The maximum atomic E-state index is 12.3. The van der Waals surface area contributed by atoms with Crippen LogP contribution in [0.1, 0.15) is 32.9 Å². The summed E-state index contributed by atoms with van der Waals surface area (Å²) in [6.45, 7) is 4.42. The number of aliphatic carboxylic acids is 1. The van der Waals surface area contributed by atoms with Crippen molar-refractivity contribution in [3.8, 4) is 0 Å². The molecule has 0 aliphatic heterocycles. The number of nitrogens with two attached hydrogens (primary N) is 1. The molecular formula is C18H30N6O6. The molecular weight excluding hydrogens is 396 g/mol. The second-order valence-corrected chi connectivity index (χ2v) is 7.42. The molecule has 8 N–H and O–H groups in total. The Hall–Kier alpha value is -2.99. The molecule has 0 fully saturated rings. The lowest BCUT2D eigenvalue weighted by Crippen LogP contribution is -2.57. The number of aromatic amines is 1. The molecule has 0 saturated carbocycles. The lowest BCUT2D eigenvalue weighted by atomic mass is 10.0. The molecule has 0 spiro atoms. The number of nitrogens with one attached hydrogen (secondary N) is 4. The summed E-state index contributed by atoms with van der Waals surface area (Å²) in [6.07, 6.45) is 2.07. The highest BCUT2D eigenvalue weighted by Gasteiger charge is 2.28. The summed E-state index contributed by atoms with van der Waals surface area (Å²) in [5.74, 6) is -3.32. The van der Waals surface area contributed by atoms with Crippen LogP contribution in [0.5, 0.6) is 0 Å². The maximum absolute atomic E-state index is 12.3. The summed E-state index contributed by atoms with van der Waals surface area (Å²) in [7, 11) is 0. The van der Waals surface area contributed by atoms with Crippen LogP contribution in [-0.4, -0.2) is 74.6 Å². The molecule has 1 aromatic rings. The predicted octanol–water partition coefficient (Wildman–Crippen LogP) is -2.12. The number of aliphatic hydroxyl groups is 1. The summed E-state index contributed by atoms with van der Waals surface area (Å²) in [5.41, 5.74) is 6.44. The van der Waals surface area contributed by atoms with Crippen molar-refractivity contribution < 1.29 is 29.4 Å². The minimum absolute atomic E-state index is 0.0433. The molecule has 0 aliphatic carbocycles. The molecule has 12 nitrogen and oxygen atoms in total. The minimum atomic E-state index is -1.34. The molecule has 0 aliphatic rings. The van der Waals surface area contributed by atoms with Crippen molar-refractivity contribution >= 4 is 23.7 Å². The van der Waals surface area contributed by atoms with E-state index < -0.39 is 54.5 Å². The van der Waals surface area contributed by atoms with Crippen molar-refractivity contribution in [1.29, 1.82) is 0 Å². The van der Waals surface area contributed by atoms with Gasteiger partial charge in [-0.15, -0.1) is 0 Å². The third-order valence-electron chi connectivity index (χ3n) is 4.16. The average molecular weight is 426 g/mol. The summed E-state index contributed by atoms with van der Waals surface area (Å²) >= 11 is 0. The van der Waals surface area contributed by atoms with Gasteiger partial charge in [-0.3, -0.25) is 14.4 Å². The Labute approximate surface area is 174 Å².